The molecule has 0 aliphatic heterocycles. The fourth-order valence-electron chi connectivity index (χ4n) is 2.11. The lowest BCUT2D eigenvalue weighted by Gasteiger charge is -2.09. The average Bonchev–Trinajstić information content (AvgIpc) is 2.69. The van der Waals surface area contributed by atoms with Crippen molar-refractivity contribution in [1.82, 2.24) is 9.97 Å². The van der Waals surface area contributed by atoms with Crippen LogP contribution < -0.4 is 0 Å². The molecule has 3 heteroatoms. The Kier molecular flexibility index (Phi) is 2.77. The summed E-state index contributed by atoms with van der Waals surface area (Å²) >= 11 is 0. The highest BCUT2D eigenvalue weighted by molar-refractivity contribution is 5.12. The van der Waals surface area contributed by atoms with E-state index >= 15 is 0 Å². The molecule has 76 valence electrons. The van der Waals surface area contributed by atoms with E-state index in [9.17, 15) is 0 Å². The highest BCUT2D eigenvalue weighted by Gasteiger charge is 2.20. The molecule has 14 heavy (non-hydrogen) atoms. The largest absolute Gasteiger partial charge is 0.390 e. The Hall–Kier alpha value is -0.960. The molecule has 0 aromatic carbocycles. The van der Waals surface area contributed by atoms with Gasteiger partial charge in [0.15, 0.2) is 0 Å². The van der Waals surface area contributed by atoms with Gasteiger partial charge in [0.05, 0.1) is 12.3 Å². The summed E-state index contributed by atoms with van der Waals surface area (Å²) in [6.45, 7) is 1.97. The van der Waals surface area contributed by atoms with Gasteiger partial charge in [0.1, 0.15) is 5.82 Å². The van der Waals surface area contributed by atoms with Crippen molar-refractivity contribution in [3.8, 4) is 0 Å². The summed E-state index contributed by atoms with van der Waals surface area (Å²) < 4.78 is 0. The number of rotatable bonds is 2. The molecule has 0 radical (unpaired) electrons. The summed E-state index contributed by atoms with van der Waals surface area (Å²) in [7, 11) is 0. The van der Waals surface area contributed by atoms with E-state index < -0.39 is 0 Å². The Balaban J connectivity index is 2.27. The number of aliphatic hydroxyl groups excluding tert-OH is 1. The molecule has 0 amide bonds. The molecule has 0 unspecified atom stereocenters. The van der Waals surface area contributed by atoms with Crippen molar-refractivity contribution >= 4 is 0 Å². The Labute approximate surface area is 84.2 Å². The van der Waals surface area contributed by atoms with Gasteiger partial charge in [-0.25, -0.2) is 9.97 Å². The van der Waals surface area contributed by atoms with Crippen LogP contribution in [0.1, 0.15) is 48.8 Å². The summed E-state index contributed by atoms with van der Waals surface area (Å²) in [5.74, 6) is 1.46. The van der Waals surface area contributed by atoms with Crippen LogP contribution in [-0.2, 0) is 6.61 Å². The van der Waals surface area contributed by atoms with E-state index in [1.54, 1.807) is 0 Å². The van der Waals surface area contributed by atoms with Crippen LogP contribution in [-0.4, -0.2) is 15.1 Å². The normalized spacial score (nSPS) is 17.6. The van der Waals surface area contributed by atoms with Gasteiger partial charge in [-0.15, -0.1) is 0 Å². The van der Waals surface area contributed by atoms with E-state index in [1.807, 2.05) is 13.0 Å². The Bertz CT molecular complexity index is 319. The minimum Gasteiger partial charge on any atom is -0.390 e. The lowest BCUT2D eigenvalue weighted by atomic mass is 10.1. The Morgan fingerprint density at radius 1 is 1.36 bits per heavy atom. The van der Waals surface area contributed by atoms with Gasteiger partial charge in [-0.3, -0.25) is 0 Å². The minimum absolute atomic E-state index is 0.0169. The number of aromatic nitrogens is 2. The second-order valence-electron chi connectivity index (χ2n) is 4.00. The lowest BCUT2D eigenvalue weighted by molar-refractivity contribution is 0.275. The van der Waals surface area contributed by atoms with Gasteiger partial charge in [0, 0.05) is 11.6 Å². The number of hydrogen-bond acceptors (Lipinski definition) is 3. The van der Waals surface area contributed by atoms with Gasteiger partial charge >= 0.3 is 0 Å². The molecular weight excluding hydrogens is 176 g/mol. The SMILES string of the molecule is Cc1cc(CO)nc(C2CCCC2)n1. The molecule has 1 heterocycles. The highest BCUT2D eigenvalue weighted by Crippen LogP contribution is 2.32. The molecule has 0 spiro atoms. The number of aryl methyl sites for hydroxylation is 1. The Morgan fingerprint density at radius 3 is 2.71 bits per heavy atom. The summed E-state index contributed by atoms with van der Waals surface area (Å²) in [6.07, 6.45) is 4.98. The molecule has 1 N–H and O–H groups in total. The first kappa shape index (κ1) is 9.59. The topological polar surface area (TPSA) is 46.0 Å². The maximum absolute atomic E-state index is 9.04. The smallest absolute Gasteiger partial charge is 0.132 e. The van der Waals surface area contributed by atoms with Gasteiger partial charge in [0.2, 0.25) is 0 Å². The third-order valence-corrected chi connectivity index (χ3v) is 2.81. The van der Waals surface area contributed by atoms with E-state index in [4.69, 9.17) is 5.11 Å². The number of aliphatic hydroxyl groups is 1. The third kappa shape index (κ3) is 1.93. The molecule has 1 saturated carbocycles. The molecule has 1 fully saturated rings. The van der Waals surface area contributed by atoms with Crippen LogP contribution in [0.4, 0.5) is 0 Å². The minimum atomic E-state index is 0.0169. The molecule has 2 rings (SSSR count). The van der Waals surface area contributed by atoms with Crippen LogP contribution in [0.2, 0.25) is 0 Å². The van der Waals surface area contributed by atoms with E-state index in [0.29, 0.717) is 5.92 Å². The third-order valence-electron chi connectivity index (χ3n) is 2.81. The van der Waals surface area contributed by atoms with Crippen LogP contribution in [0.25, 0.3) is 0 Å². The summed E-state index contributed by atoms with van der Waals surface area (Å²) in [6, 6.07) is 1.85. The van der Waals surface area contributed by atoms with Gasteiger partial charge in [-0.2, -0.15) is 0 Å². The second-order valence-corrected chi connectivity index (χ2v) is 4.00. The van der Waals surface area contributed by atoms with Crippen molar-refractivity contribution in [2.75, 3.05) is 0 Å². The molecule has 1 aliphatic carbocycles. The maximum Gasteiger partial charge on any atom is 0.132 e. The van der Waals surface area contributed by atoms with Crippen molar-refractivity contribution in [3.05, 3.63) is 23.3 Å². The van der Waals surface area contributed by atoms with Gasteiger partial charge in [-0.1, -0.05) is 12.8 Å². The van der Waals surface area contributed by atoms with E-state index in [0.717, 1.165) is 17.2 Å². The lowest BCUT2D eigenvalue weighted by Crippen LogP contribution is -2.05. The Morgan fingerprint density at radius 2 is 2.07 bits per heavy atom. The first-order valence-corrected chi connectivity index (χ1v) is 5.25. The first-order valence-electron chi connectivity index (χ1n) is 5.25. The fourth-order valence-corrected chi connectivity index (χ4v) is 2.11. The standard InChI is InChI=1S/C11H16N2O/c1-8-6-10(7-14)13-11(12-8)9-4-2-3-5-9/h6,9,14H,2-5,7H2,1H3. The quantitative estimate of drug-likeness (QED) is 0.778. The molecule has 1 aromatic heterocycles. The number of hydrogen-bond donors (Lipinski definition) is 1. The van der Waals surface area contributed by atoms with E-state index in [1.165, 1.54) is 25.7 Å². The van der Waals surface area contributed by atoms with Crippen molar-refractivity contribution in [2.24, 2.45) is 0 Å². The zero-order valence-corrected chi connectivity index (χ0v) is 8.53. The average molecular weight is 192 g/mol. The maximum atomic E-state index is 9.04. The van der Waals surface area contributed by atoms with Gasteiger partial charge < -0.3 is 5.11 Å². The zero-order chi connectivity index (χ0) is 9.97. The van der Waals surface area contributed by atoms with Gasteiger partial charge in [-0.05, 0) is 25.8 Å². The van der Waals surface area contributed by atoms with Crippen LogP contribution in [0.15, 0.2) is 6.07 Å². The van der Waals surface area contributed by atoms with Crippen molar-refractivity contribution in [2.45, 2.75) is 45.1 Å². The molecule has 0 atom stereocenters. The predicted molar refractivity (Wildman–Crippen MR) is 53.9 cm³/mol. The molecule has 1 aliphatic rings. The molecule has 0 bridgehead atoms. The van der Waals surface area contributed by atoms with Gasteiger partial charge in [0.25, 0.3) is 0 Å². The van der Waals surface area contributed by atoms with Crippen LogP contribution >= 0.6 is 0 Å². The van der Waals surface area contributed by atoms with E-state index in [2.05, 4.69) is 9.97 Å². The molecular formula is C11H16N2O. The van der Waals surface area contributed by atoms with Crippen LogP contribution in [0, 0.1) is 6.92 Å². The fraction of sp³-hybridized carbons (Fsp3) is 0.636. The summed E-state index contributed by atoms with van der Waals surface area (Å²) in [5.41, 5.74) is 1.71. The van der Waals surface area contributed by atoms with Crippen LogP contribution in [0.3, 0.4) is 0 Å². The monoisotopic (exact) mass is 192 g/mol. The van der Waals surface area contributed by atoms with Crippen molar-refractivity contribution in [1.29, 1.82) is 0 Å². The summed E-state index contributed by atoms with van der Waals surface area (Å²) in [4.78, 5) is 8.81. The predicted octanol–water partition coefficient (Wildman–Crippen LogP) is 1.93. The summed E-state index contributed by atoms with van der Waals surface area (Å²) in [5, 5.41) is 9.04. The van der Waals surface area contributed by atoms with E-state index in [-0.39, 0.29) is 6.61 Å². The molecule has 3 nitrogen and oxygen atoms in total. The second kappa shape index (κ2) is 4.05. The molecule has 1 aromatic rings. The number of nitrogens with zero attached hydrogens (tertiary/aromatic N) is 2. The molecule has 0 saturated heterocycles. The highest BCUT2D eigenvalue weighted by atomic mass is 16.3. The van der Waals surface area contributed by atoms with Crippen molar-refractivity contribution < 1.29 is 5.11 Å². The van der Waals surface area contributed by atoms with Crippen LogP contribution in [0.5, 0.6) is 0 Å². The first-order chi connectivity index (χ1) is 6.79. The zero-order valence-electron chi connectivity index (χ0n) is 8.53. The van der Waals surface area contributed by atoms with Crippen molar-refractivity contribution in [3.63, 3.8) is 0 Å².